The monoisotopic (exact) mass is 414 g/mol. The molecule has 1 aliphatic carbocycles. The van der Waals surface area contributed by atoms with E-state index in [-0.39, 0.29) is 25.3 Å². The summed E-state index contributed by atoms with van der Waals surface area (Å²) in [6.45, 7) is 14.0. The van der Waals surface area contributed by atoms with Gasteiger partial charge in [-0.25, -0.2) is 0 Å². The topological polar surface area (TPSA) is 67.9 Å². The molecule has 0 radical (unpaired) electrons. The molecule has 0 spiro atoms. The van der Waals surface area contributed by atoms with E-state index in [1.54, 1.807) is 6.92 Å². The summed E-state index contributed by atoms with van der Waals surface area (Å²) >= 11 is 0. The third-order valence-corrected chi connectivity index (χ3v) is 5.91. The Morgan fingerprint density at radius 1 is 0.966 bits per heavy atom. The summed E-state index contributed by atoms with van der Waals surface area (Å²) in [6.07, 6.45) is 6.40. The number of Topliss-reactive ketones (excluding diaryl/α,β-unsaturated/α-hetero) is 1. The van der Waals surface area contributed by atoms with Crippen LogP contribution in [0.5, 0.6) is 0 Å². The van der Waals surface area contributed by atoms with Gasteiger partial charge in [-0.1, -0.05) is 13.8 Å². The molecule has 29 heavy (non-hydrogen) atoms. The molecule has 0 aromatic rings. The fraction of sp³-hybridized carbons (Fsp3) is 0.913. The number of ether oxygens (including phenoxy) is 2. The van der Waals surface area contributed by atoms with Crippen molar-refractivity contribution in [3.63, 3.8) is 0 Å². The highest BCUT2D eigenvalue weighted by atomic mass is 16.5. The van der Waals surface area contributed by atoms with Crippen molar-refractivity contribution >= 4 is 11.7 Å². The van der Waals surface area contributed by atoms with Crippen molar-refractivity contribution in [2.24, 2.45) is 11.8 Å². The van der Waals surface area contributed by atoms with Crippen molar-refractivity contribution in [1.82, 2.24) is 10.2 Å². The molecule has 1 amide bonds. The molecule has 6 heteroatoms. The highest BCUT2D eigenvalue weighted by Gasteiger charge is 2.31. The Hall–Kier alpha value is -0.980. The predicted molar refractivity (Wildman–Crippen MR) is 119 cm³/mol. The zero-order chi connectivity index (χ0) is 21.6. The van der Waals surface area contributed by atoms with E-state index in [0.717, 1.165) is 51.6 Å². The molecular formula is C23H46N2O4. The first-order valence-electron chi connectivity index (χ1n) is 11.7. The normalized spacial score (nSPS) is 23.4. The van der Waals surface area contributed by atoms with Crippen LogP contribution in [-0.2, 0) is 19.1 Å². The van der Waals surface area contributed by atoms with Gasteiger partial charge < -0.3 is 19.7 Å². The number of amides is 1. The minimum atomic E-state index is 0. The minimum Gasteiger partial charge on any atom is -0.377 e. The Morgan fingerprint density at radius 2 is 1.59 bits per heavy atom. The van der Waals surface area contributed by atoms with Gasteiger partial charge in [0.05, 0.1) is 25.9 Å². The van der Waals surface area contributed by atoms with Crippen LogP contribution in [0, 0.1) is 11.8 Å². The van der Waals surface area contributed by atoms with Gasteiger partial charge in [-0.2, -0.15) is 0 Å². The number of carbonyl (C=O) groups excluding carboxylic acids is 2. The van der Waals surface area contributed by atoms with Gasteiger partial charge in [0.25, 0.3) is 0 Å². The van der Waals surface area contributed by atoms with Crippen molar-refractivity contribution in [3.8, 4) is 0 Å². The number of piperidine rings is 1. The Balaban J connectivity index is 0.00000272. The van der Waals surface area contributed by atoms with Crippen molar-refractivity contribution in [1.29, 1.82) is 0 Å². The molecule has 0 atom stereocenters. The first-order chi connectivity index (χ1) is 14.0. The van der Waals surface area contributed by atoms with Gasteiger partial charge in [0.2, 0.25) is 5.91 Å². The molecule has 2 fully saturated rings. The summed E-state index contributed by atoms with van der Waals surface area (Å²) in [6, 6.07) is 0.603. The van der Waals surface area contributed by atoms with Gasteiger partial charge in [-0.05, 0) is 72.4 Å². The molecule has 1 saturated carbocycles. The number of likely N-dealkylation sites (tertiary alicyclic amines) is 1. The molecular weight excluding hydrogens is 368 g/mol. The number of nitrogens with one attached hydrogen (secondary N) is 1. The van der Waals surface area contributed by atoms with Gasteiger partial charge in [0, 0.05) is 25.8 Å². The highest BCUT2D eigenvalue weighted by molar-refractivity contribution is 5.79. The van der Waals surface area contributed by atoms with Crippen LogP contribution in [-0.4, -0.2) is 68.2 Å². The van der Waals surface area contributed by atoms with E-state index >= 15 is 0 Å². The molecule has 1 aliphatic heterocycles. The quantitative estimate of drug-likeness (QED) is 0.552. The summed E-state index contributed by atoms with van der Waals surface area (Å²) in [4.78, 5) is 26.4. The molecule has 6 nitrogen and oxygen atoms in total. The van der Waals surface area contributed by atoms with Gasteiger partial charge in [0.1, 0.15) is 5.78 Å². The van der Waals surface area contributed by atoms with Crippen LogP contribution >= 0.6 is 0 Å². The first-order valence-corrected chi connectivity index (χ1v) is 11.7. The number of hydrogen-bond donors (Lipinski definition) is 1. The van der Waals surface area contributed by atoms with Crippen molar-refractivity contribution < 1.29 is 20.5 Å². The smallest absolute Gasteiger partial charge is 0.223 e. The van der Waals surface area contributed by atoms with E-state index in [1.807, 2.05) is 27.7 Å². The number of ketones is 1. The van der Waals surface area contributed by atoms with Crippen molar-refractivity contribution in [3.05, 3.63) is 0 Å². The maximum absolute atomic E-state index is 12.3. The molecule has 1 saturated heterocycles. The van der Waals surface area contributed by atoms with E-state index in [0.29, 0.717) is 38.2 Å². The average molecular weight is 415 g/mol. The summed E-state index contributed by atoms with van der Waals surface area (Å²) in [5, 5.41) is 3.00. The molecule has 0 aromatic heterocycles. The predicted octanol–water partition coefficient (Wildman–Crippen LogP) is 3.68. The second kappa shape index (κ2) is 14.9. The van der Waals surface area contributed by atoms with Crippen molar-refractivity contribution in [2.75, 3.05) is 39.5 Å². The van der Waals surface area contributed by atoms with Crippen LogP contribution in [0.2, 0.25) is 0 Å². The first kappa shape index (κ1) is 26.1. The molecule has 2 aliphatic rings. The maximum Gasteiger partial charge on any atom is 0.223 e. The van der Waals surface area contributed by atoms with E-state index < -0.39 is 0 Å². The molecule has 2 rings (SSSR count). The van der Waals surface area contributed by atoms with Gasteiger partial charge >= 0.3 is 0 Å². The second-order valence-corrected chi connectivity index (χ2v) is 8.25. The lowest BCUT2D eigenvalue weighted by Gasteiger charge is -2.40. The van der Waals surface area contributed by atoms with E-state index in [4.69, 9.17) is 9.47 Å². The number of hydrogen-bond acceptors (Lipinski definition) is 5. The lowest BCUT2D eigenvalue weighted by molar-refractivity contribution is -0.127. The number of rotatable bonds is 10. The van der Waals surface area contributed by atoms with Crippen LogP contribution in [0.15, 0.2) is 0 Å². The molecule has 1 heterocycles. The summed E-state index contributed by atoms with van der Waals surface area (Å²) in [5.74, 6) is 0.917. The SMILES string of the molecule is CC.CC(=O)C1CCC(N2CCC(C(=O)NCCOCCOC(C)C)CC2)CC1.[HH]. The lowest BCUT2D eigenvalue weighted by atomic mass is 9.82. The largest absolute Gasteiger partial charge is 0.377 e. The number of carbonyl (C=O) groups is 2. The maximum atomic E-state index is 12.3. The van der Waals surface area contributed by atoms with Crippen LogP contribution in [0.1, 0.15) is 74.6 Å². The standard InChI is InChI=1S/C21H38N2O4.C2H6.H2/c1-16(2)27-15-14-26-13-10-22-21(25)19-8-11-23(12-9-19)20-6-4-18(5-7-20)17(3)24;1-2;/h16,18-20H,4-15H2,1-3H3,(H,22,25);1-2H3;1H. The zero-order valence-electron chi connectivity index (χ0n) is 19.4. The fourth-order valence-corrected chi connectivity index (χ4v) is 4.21. The van der Waals surface area contributed by atoms with Crippen LogP contribution in [0.3, 0.4) is 0 Å². The second-order valence-electron chi connectivity index (χ2n) is 8.25. The third-order valence-electron chi connectivity index (χ3n) is 5.91. The van der Waals surface area contributed by atoms with E-state index in [9.17, 15) is 9.59 Å². The highest BCUT2D eigenvalue weighted by Crippen LogP contribution is 2.30. The zero-order valence-corrected chi connectivity index (χ0v) is 19.4. The number of nitrogens with zero attached hydrogens (tertiary/aromatic N) is 1. The Kier molecular flexibility index (Phi) is 13.4. The Bertz CT molecular complexity index is 460. The molecule has 1 N–H and O–H groups in total. The van der Waals surface area contributed by atoms with Gasteiger partial charge in [-0.15, -0.1) is 0 Å². The average Bonchev–Trinajstić information content (AvgIpc) is 2.74. The van der Waals surface area contributed by atoms with Crippen LogP contribution < -0.4 is 5.32 Å². The fourth-order valence-electron chi connectivity index (χ4n) is 4.21. The molecule has 0 bridgehead atoms. The van der Waals surface area contributed by atoms with Crippen LogP contribution in [0.25, 0.3) is 0 Å². The Labute approximate surface area is 179 Å². The third kappa shape index (κ3) is 10.1. The molecule has 172 valence electrons. The van der Waals surface area contributed by atoms with Gasteiger partial charge in [0.15, 0.2) is 0 Å². The Morgan fingerprint density at radius 3 is 2.14 bits per heavy atom. The van der Waals surface area contributed by atoms with E-state index in [2.05, 4.69) is 10.2 Å². The summed E-state index contributed by atoms with van der Waals surface area (Å²) in [5.41, 5.74) is 0. The van der Waals surface area contributed by atoms with Crippen LogP contribution in [0.4, 0.5) is 0 Å². The molecule has 0 unspecified atom stereocenters. The van der Waals surface area contributed by atoms with Crippen molar-refractivity contribution in [2.45, 2.75) is 85.3 Å². The summed E-state index contributed by atoms with van der Waals surface area (Å²) < 4.78 is 10.9. The van der Waals surface area contributed by atoms with E-state index in [1.165, 1.54) is 0 Å². The minimum absolute atomic E-state index is 0. The van der Waals surface area contributed by atoms with Gasteiger partial charge in [-0.3, -0.25) is 9.59 Å². The lowest BCUT2D eigenvalue weighted by Crippen LogP contribution is -2.46. The summed E-state index contributed by atoms with van der Waals surface area (Å²) in [7, 11) is 0. The molecule has 0 aromatic carbocycles.